The summed E-state index contributed by atoms with van der Waals surface area (Å²) in [5, 5.41) is 8.30. The summed E-state index contributed by atoms with van der Waals surface area (Å²) >= 11 is 0. The summed E-state index contributed by atoms with van der Waals surface area (Å²) in [6.45, 7) is 0. The predicted octanol–water partition coefficient (Wildman–Crippen LogP) is 1.28. The van der Waals surface area contributed by atoms with Crippen molar-refractivity contribution >= 4 is 15.6 Å². The van der Waals surface area contributed by atoms with E-state index >= 15 is 0 Å². The van der Waals surface area contributed by atoms with Gasteiger partial charge in [-0.15, -0.1) is 0 Å². The highest BCUT2D eigenvalue weighted by Crippen LogP contribution is 2.53. The van der Waals surface area contributed by atoms with Crippen LogP contribution in [0.2, 0.25) is 0 Å². The lowest BCUT2D eigenvalue weighted by Crippen LogP contribution is -2.00. The molecule has 0 spiro atoms. The molecule has 8 nitrogen and oxygen atoms in total. The van der Waals surface area contributed by atoms with E-state index in [1.807, 2.05) is 0 Å². The van der Waals surface area contributed by atoms with Crippen molar-refractivity contribution in [1.82, 2.24) is 0 Å². The third-order valence-corrected chi connectivity index (χ3v) is 3.10. The van der Waals surface area contributed by atoms with Crippen molar-refractivity contribution in [3.8, 4) is 5.75 Å². The van der Waals surface area contributed by atoms with Crippen molar-refractivity contribution in [2.24, 2.45) is 0 Å². The zero-order valence-electron chi connectivity index (χ0n) is 9.25. The fourth-order valence-corrected chi connectivity index (χ4v) is 1.84. The molecule has 0 aliphatic rings. The molecule has 0 bridgehead atoms. The van der Waals surface area contributed by atoms with Crippen LogP contribution < -0.4 is 0 Å². The van der Waals surface area contributed by atoms with E-state index in [9.17, 15) is 31.1 Å². The molecule has 0 saturated heterocycles. The third kappa shape index (κ3) is 6.48. The van der Waals surface area contributed by atoms with Gasteiger partial charge in [0, 0.05) is 0 Å². The highest BCUT2D eigenvalue weighted by molar-refractivity contribution is 7.60. The second kappa shape index (κ2) is 6.79. The van der Waals surface area contributed by atoms with Gasteiger partial charge in [0.1, 0.15) is 0 Å². The zero-order chi connectivity index (χ0) is 17.2. The van der Waals surface area contributed by atoms with Crippen LogP contribution in [0.25, 0.3) is 0 Å². The molecule has 15 heteroatoms. The zero-order valence-corrected chi connectivity index (χ0v) is 11.0. The number of rotatable bonds is 2. The maximum absolute atomic E-state index is 12.2. The van der Waals surface area contributed by atoms with Crippen LogP contribution in [0.3, 0.4) is 0 Å². The van der Waals surface area contributed by atoms with Crippen LogP contribution in [0.15, 0.2) is 0 Å². The van der Waals surface area contributed by atoms with Gasteiger partial charge in [0.05, 0.1) is 0 Å². The SMILES string of the molecule is O=P(O)(O)OP(=O)(O)O.Oc1c(F)c(F)c(F)c(F)c1F. The molecule has 5 N–H and O–H groups in total. The summed E-state index contributed by atoms with van der Waals surface area (Å²) in [6, 6.07) is 0. The van der Waals surface area contributed by atoms with Crippen molar-refractivity contribution in [2.75, 3.05) is 0 Å². The Bertz CT molecular complexity index is 499. The minimum atomic E-state index is -5.05. The third-order valence-electron chi connectivity index (χ3n) is 1.40. The monoisotopic (exact) mass is 362 g/mol. The molecule has 0 heterocycles. The number of benzene rings is 1. The van der Waals surface area contributed by atoms with Gasteiger partial charge in [-0.2, -0.15) is 13.1 Å². The number of hydrogen-bond donors (Lipinski definition) is 5. The van der Waals surface area contributed by atoms with Crippen LogP contribution in [0, 0.1) is 29.1 Å². The van der Waals surface area contributed by atoms with Crippen molar-refractivity contribution in [1.29, 1.82) is 0 Å². The van der Waals surface area contributed by atoms with Crippen LogP contribution in [0.5, 0.6) is 5.75 Å². The lowest BCUT2D eigenvalue weighted by molar-refractivity contribution is 0.225. The fraction of sp³-hybridized carbons (Fsp3) is 0. The molecular formula is C6H5F5O8P2. The van der Waals surface area contributed by atoms with Gasteiger partial charge in [-0.05, 0) is 0 Å². The molecule has 0 aromatic heterocycles. The first kappa shape index (κ1) is 19.9. The van der Waals surface area contributed by atoms with Gasteiger partial charge in [-0.25, -0.2) is 22.3 Å². The lowest BCUT2D eigenvalue weighted by atomic mass is 10.3. The largest absolute Gasteiger partial charge is 0.503 e. The van der Waals surface area contributed by atoms with Crippen molar-refractivity contribution in [3.63, 3.8) is 0 Å². The second-order valence-electron chi connectivity index (χ2n) is 2.98. The normalized spacial score (nSPS) is 11.9. The van der Waals surface area contributed by atoms with Gasteiger partial charge in [0.2, 0.25) is 29.1 Å². The molecule has 1 aromatic rings. The number of aromatic hydroxyl groups is 1. The molecule has 0 atom stereocenters. The van der Waals surface area contributed by atoms with Gasteiger partial charge >= 0.3 is 15.6 Å². The summed E-state index contributed by atoms with van der Waals surface area (Å²) in [6.07, 6.45) is 0. The predicted molar refractivity (Wildman–Crippen MR) is 53.1 cm³/mol. The molecular weight excluding hydrogens is 357 g/mol. The first-order valence-electron chi connectivity index (χ1n) is 4.20. The van der Waals surface area contributed by atoms with E-state index < -0.39 is 50.5 Å². The Balaban J connectivity index is 0.000000400. The highest BCUT2D eigenvalue weighted by Gasteiger charge is 2.28. The minimum absolute atomic E-state index is 1.87. The Morgan fingerprint density at radius 3 is 1.10 bits per heavy atom. The maximum Gasteiger partial charge on any atom is 0.478 e. The molecule has 1 rings (SSSR count). The second-order valence-corrected chi connectivity index (χ2v) is 5.60. The molecule has 0 fully saturated rings. The summed E-state index contributed by atoms with van der Waals surface area (Å²) in [5.74, 6) is -12.9. The molecule has 0 unspecified atom stereocenters. The van der Waals surface area contributed by atoms with Gasteiger partial charge in [0.15, 0.2) is 5.75 Å². The average molecular weight is 362 g/mol. The highest BCUT2D eigenvalue weighted by atomic mass is 31.3. The van der Waals surface area contributed by atoms with Crippen molar-refractivity contribution in [2.45, 2.75) is 0 Å². The lowest BCUT2D eigenvalue weighted by Gasteiger charge is -2.03. The number of hydrogen-bond acceptors (Lipinski definition) is 4. The molecule has 0 amide bonds. The van der Waals surface area contributed by atoms with Gasteiger partial charge < -0.3 is 24.7 Å². The van der Waals surface area contributed by atoms with Crippen LogP contribution in [0.4, 0.5) is 22.0 Å². The Hall–Kier alpha value is -1.07. The number of phenolic OH excluding ortho intramolecular Hbond substituents is 1. The first-order valence-corrected chi connectivity index (χ1v) is 7.26. The molecule has 21 heavy (non-hydrogen) atoms. The van der Waals surface area contributed by atoms with E-state index in [2.05, 4.69) is 4.31 Å². The van der Waals surface area contributed by atoms with E-state index in [-0.39, 0.29) is 0 Å². The quantitative estimate of drug-likeness (QED) is 0.229. The van der Waals surface area contributed by atoms with Crippen LogP contribution >= 0.6 is 15.6 Å². The van der Waals surface area contributed by atoms with E-state index in [1.165, 1.54) is 0 Å². The smallest absolute Gasteiger partial charge is 0.478 e. The van der Waals surface area contributed by atoms with Crippen LogP contribution in [0.1, 0.15) is 0 Å². The molecule has 0 saturated carbocycles. The van der Waals surface area contributed by atoms with Crippen molar-refractivity contribution < 1.29 is 60.1 Å². The van der Waals surface area contributed by atoms with Crippen LogP contribution in [-0.4, -0.2) is 24.7 Å². The van der Waals surface area contributed by atoms with Crippen LogP contribution in [-0.2, 0) is 13.4 Å². The summed E-state index contributed by atoms with van der Waals surface area (Å²) in [5.41, 5.74) is 0. The Labute approximate surface area is 111 Å². The number of phosphoric acid groups is 2. The number of phenols is 1. The average Bonchev–Trinajstić information content (AvgIpc) is 2.28. The summed E-state index contributed by atoms with van der Waals surface area (Å²) < 4.78 is 82.9. The molecule has 0 aliphatic heterocycles. The first-order chi connectivity index (χ1) is 9.17. The minimum Gasteiger partial charge on any atom is -0.503 e. The maximum atomic E-state index is 12.2. The van der Waals surface area contributed by atoms with E-state index in [1.54, 1.807) is 0 Å². The van der Waals surface area contributed by atoms with Gasteiger partial charge in [-0.3, -0.25) is 0 Å². The molecule has 0 radical (unpaired) electrons. The standard InChI is InChI=1S/C6HF5O.H4O7P2/c7-1-2(8)4(10)6(12)5(11)3(1)9;1-8(2,3)7-9(4,5)6/h12H;(H2,1,2,3)(H2,4,5,6). The summed E-state index contributed by atoms with van der Waals surface area (Å²) in [7, 11) is -10.1. The van der Waals surface area contributed by atoms with E-state index in [4.69, 9.17) is 24.7 Å². The Kier molecular flexibility index (Phi) is 6.45. The van der Waals surface area contributed by atoms with Gasteiger partial charge in [0.25, 0.3) is 0 Å². The van der Waals surface area contributed by atoms with E-state index in [0.717, 1.165) is 0 Å². The molecule has 1 aromatic carbocycles. The summed E-state index contributed by atoms with van der Waals surface area (Å²) in [4.78, 5) is 31.0. The number of halogens is 5. The van der Waals surface area contributed by atoms with Crippen molar-refractivity contribution in [3.05, 3.63) is 29.1 Å². The van der Waals surface area contributed by atoms with Gasteiger partial charge in [-0.1, -0.05) is 0 Å². The molecule has 0 aliphatic carbocycles. The Morgan fingerprint density at radius 2 is 0.905 bits per heavy atom. The molecule has 122 valence electrons. The Morgan fingerprint density at radius 1 is 0.667 bits per heavy atom. The topological polar surface area (TPSA) is 145 Å². The fourth-order valence-electron chi connectivity index (χ4n) is 0.732. The van der Waals surface area contributed by atoms with E-state index in [0.29, 0.717) is 0 Å².